The number of fused-ring (bicyclic) bond motifs is 1. The van der Waals surface area contributed by atoms with Crippen molar-refractivity contribution >= 4 is 11.6 Å². The summed E-state index contributed by atoms with van der Waals surface area (Å²) in [5.41, 5.74) is 2.03. The SMILES string of the molecule is Cn1c(O)c(C(=O)Nc2ccccc2)c2c(c1=O)CCCC2. The second kappa shape index (κ2) is 5.67. The van der Waals surface area contributed by atoms with Gasteiger partial charge in [0.25, 0.3) is 11.5 Å². The van der Waals surface area contributed by atoms with Gasteiger partial charge in [0.15, 0.2) is 0 Å². The minimum absolute atomic E-state index is 0.205. The third-order valence-corrected chi connectivity index (χ3v) is 4.13. The highest BCUT2D eigenvalue weighted by molar-refractivity contribution is 6.07. The molecule has 1 aromatic heterocycles. The molecule has 0 bridgehead atoms. The number of aromatic hydroxyl groups is 1. The van der Waals surface area contributed by atoms with Crippen LogP contribution in [0.2, 0.25) is 0 Å². The summed E-state index contributed by atoms with van der Waals surface area (Å²) in [7, 11) is 1.49. The highest BCUT2D eigenvalue weighted by atomic mass is 16.3. The minimum Gasteiger partial charge on any atom is -0.494 e. The summed E-state index contributed by atoms with van der Waals surface area (Å²) >= 11 is 0. The fraction of sp³-hybridized carbons (Fsp3) is 0.294. The van der Waals surface area contributed by atoms with Crippen LogP contribution in [0.3, 0.4) is 0 Å². The molecule has 0 aliphatic heterocycles. The smallest absolute Gasteiger partial charge is 0.261 e. The van der Waals surface area contributed by atoms with E-state index in [1.807, 2.05) is 18.2 Å². The third-order valence-electron chi connectivity index (χ3n) is 4.13. The molecule has 1 aliphatic carbocycles. The number of carbonyl (C=O) groups is 1. The third kappa shape index (κ3) is 2.39. The lowest BCUT2D eigenvalue weighted by Gasteiger charge is -2.21. The van der Waals surface area contributed by atoms with Crippen LogP contribution in [0.15, 0.2) is 35.1 Å². The van der Waals surface area contributed by atoms with E-state index in [0.717, 1.165) is 17.4 Å². The highest BCUT2D eigenvalue weighted by Crippen LogP contribution is 2.28. The molecular weight excluding hydrogens is 280 g/mol. The van der Waals surface area contributed by atoms with Crippen molar-refractivity contribution in [3.63, 3.8) is 0 Å². The maximum atomic E-state index is 12.6. The van der Waals surface area contributed by atoms with Crippen LogP contribution >= 0.6 is 0 Å². The Labute approximate surface area is 128 Å². The number of aromatic nitrogens is 1. The van der Waals surface area contributed by atoms with Gasteiger partial charge in [0, 0.05) is 18.3 Å². The molecule has 5 heteroatoms. The molecule has 3 rings (SSSR count). The van der Waals surface area contributed by atoms with Gasteiger partial charge < -0.3 is 10.4 Å². The highest BCUT2D eigenvalue weighted by Gasteiger charge is 2.26. The van der Waals surface area contributed by atoms with Crippen LogP contribution in [-0.2, 0) is 19.9 Å². The van der Waals surface area contributed by atoms with E-state index in [4.69, 9.17) is 0 Å². The predicted octanol–water partition coefficient (Wildman–Crippen LogP) is 2.22. The van der Waals surface area contributed by atoms with Crippen molar-refractivity contribution in [1.82, 2.24) is 4.57 Å². The van der Waals surface area contributed by atoms with Gasteiger partial charge in [-0.1, -0.05) is 18.2 Å². The molecule has 0 saturated carbocycles. The van der Waals surface area contributed by atoms with Crippen molar-refractivity contribution in [3.8, 4) is 5.88 Å². The maximum Gasteiger partial charge on any atom is 0.261 e. The van der Waals surface area contributed by atoms with Gasteiger partial charge >= 0.3 is 0 Å². The summed E-state index contributed by atoms with van der Waals surface area (Å²) in [6.45, 7) is 0. The average molecular weight is 298 g/mol. The average Bonchev–Trinajstić information content (AvgIpc) is 2.54. The normalized spacial score (nSPS) is 13.5. The van der Waals surface area contributed by atoms with E-state index in [2.05, 4.69) is 5.32 Å². The predicted molar refractivity (Wildman–Crippen MR) is 84.4 cm³/mol. The Bertz CT molecular complexity index is 779. The second-order valence-corrected chi connectivity index (χ2v) is 5.55. The molecule has 1 amide bonds. The summed E-state index contributed by atoms with van der Waals surface area (Å²) in [6, 6.07) is 9.07. The molecule has 1 aromatic carbocycles. The Morgan fingerprint density at radius 3 is 2.45 bits per heavy atom. The van der Waals surface area contributed by atoms with E-state index in [1.54, 1.807) is 12.1 Å². The molecular formula is C17H18N2O3. The van der Waals surface area contributed by atoms with Gasteiger partial charge in [0.2, 0.25) is 5.88 Å². The lowest BCUT2D eigenvalue weighted by Crippen LogP contribution is -2.29. The largest absolute Gasteiger partial charge is 0.494 e. The van der Waals surface area contributed by atoms with Crippen LogP contribution in [0.4, 0.5) is 5.69 Å². The molecule has 1 heterocycles. The Morgan fingerprint density at radius 1 is 1.14 bits per heavy atom. The number of amides is 1. The van der Waals surface area contributed by atoms with E-state index < -0.39 is 0 Å². The van der Waals surface area contributed by atoms with Gasteiger partial charge in [-0.15, -0.1) is 0 Å². The Morgan fingerprint density at radius 2 is 1.77 bits per heavy atom. The molecule has 1 aliphatic rings. The van der Waals surface area contributed by atoms with Gasteiger partial charge in [-0.05, 0) is 43.4 Å². The van der Waals surface area contributed by atoms with E-state index in [0.29, 0.717) is 29.7 Å². The number of hydrogen-bond acceptors (Lipinski definition) is 3. The fourth-order valence-corrected chi connectivity index (χ4v) is 2.97. The number of anilines is 1. The molecule has 0 fully saturated rings. The molecule has 22 heavy (non-hydrogen) atoms. The monoisotopic (exact) mass is 298 g/mol. The lowest BCUT2D eigenvalue weighted by molar-refractivity contribution is 0.102. The van der Waals surface area contributed by atoms with Gasteiger partial charge in [-0.3, -0.25) is 14.2 Å². The molecule has 0 spiro atoms. The molecule has 0 atom stereocenters. The van der Waals surface area contributed by atoms with Crippen molar-refractivity contribution in [1.29, 1.82) is 0 Å². The molecule has 0 unspecified atom stereocenters. The zero-order chi connectivity index (χ0) is 15.7. The summed E-state index contributed by atoms with van der Waals surface area (Å²) in [5, 5.41) is 13.1. The number of pyridine rings is 1. The number of nitrogens with one attached hydrogen (secondary N) is 1. The minimum atomic E-state index is -0.377. The molecule has 2 aromatic rings. The second-order valence-electron chi connectivity index (χ2n) is 5.55. The number of hydrogen-bond donors (Lipinski definition) is 2. The van der Waals surface area contributed by atoms with Crippen molar-refractivity contribution in [3.05, 3.63) is 57.4 Å². The zero-order valence-corrected chi connectivity index (χ0v) is 12.4. The standard InChI is InChI=1S/C17H18N2O3/c1-19-16(21)13-10-6-5-9-12(13)14(17(19)22)15(20)18-11-7-3-2-4-8-11/h2-4,7-8,22H,5-6,9-10H2,1H3,(H,18,20). The van der Waals surface area contributed by atoms with Gasteiger partial charge in [0.05, 0.1) is 0 Å². The quantitative estimate of drug-likeness (QED) is 0.893. The number of carbonyl (C=O) groups excluding carboxylic acids is 1. The number of rotatable bonds is 2. The first-order chi connectivity index (χ1) is 10.6. The van der Waals surface area contributed by atoms with Gasteiger partial charge in [-0.25, -0.2) is 0 Å². The topological polar surface area (TPSA) is 71.3 Å². The van der Waals surface area contributed by atoms with Crippen LogP contribution in [0.25, 0.3) is 0 Å². The number of para-hydroxylation sites is 1. The van der Waals surface area contributed by atoms with E-state index >= 15 is 0 Å². The lowest BCUT2D eigenvalue weighted by atomic mass is 9.89. The molecule has 0 saturated heterocycles. The Hall–Kier alpha value is -2.56. The Balaban J connectivity index is 2.08. The summed E-state index contributed by atoms with van der Waals surface area (Å²) < 4.78 is 1.16. The first-order valence-electron chi connectivity index (χ1n) is 7.39. The van der Waals surface area contributed by atoms with Crippen molar-refractivity contribution in [2.45, 2.75) is 25.7 Å². The molecule has 5 nitrogen and oxygen atoms in total. The number of benzene rings is 1. The van der Waals surface area contributed by atoms with Crippen LogP contribution in [-0.4, -0.2) is 15.6 Å². The Kier molecular flexibility index (Phi) is 3.71. The summed E-state index contributed by atoms with van der Waals surface area (Å²) in [5.74, 6) is -0.642. The van der Waals surface area contributed by atoms with Gasteiger partial charge in [-0.2, -0.15) is 0 Å². The van der Waals surface area contributed by atoms with E-state index in [-0.39, 0.29) is 22.9 Å². The van der Waals surface area contributed by atoms with Crippen molar-refractivity contribution < 1.29 is 9.90 Å². The van der Waals surface area contributed by atoms with Crippen molar-refractivity contribution in [2.24, 2.45) is 7.05 Å². The summed E-state index contributed by atoms with van der Waals surface area (Å²) in [4.78, 5) is 24.8. The van der Waals surface area contributed by atoms with Crippen molar-refractivity contribution in [2.75, 3.05) is 5.32 Å². The van der Waals surface area contributed by atoms with E-state index in [1.165, 1.54) is 7.05 Å². The van der Waals surface area contributed by atoms with Crippen LogP contribution in [0, 0.1) is 0 Å². The fourth-order valence-electron chi connectivity index (χ4n) is 2.97. The molecule has 114 valence electrons. The van der Waals surface area contributed by atoms with Crippen LogP contribution in [0.5, 0.6) is 5.88 Å². The maximum absolute atomic E-state index is 12.6. The summed E-state index contributed by atoms with van der Waals surface area (Å²) in [6.07, 6.45) is 3.17. The van der Waals surface area contributed by atoms with E-state index in [9.17, 15) is 14.7 Å². The molecule has 0 radical (unpaired) electrons. The zero-order valence-electron chi connectivity index (χ0n) is 12.4. The molecule has 2 N–H and O–H groups in total. The first kappa shape index (κ1) is 14.4. The number of nitrogens with zero attached hydrogens (tertiary/aromatic N) is 1. The van der Waals surface area contributed by atoms with Crippen LogP contribution in [0.1, 0.15) is 34.3 Å². The van der Waals surface area contributed by atoms with Crippen LogP contribution < -0.4 is 10.9 Å². The first-order valence-corrected chi connectivity index (χ1v) is 7.39. The van der Waals surface area contributed by atoms with Gasteiger partial charge in [0.1, 0.15) is 5.56 Å².